The van der Waals surface area contributed by atoms with E-state index in [9.17, 15) is 4.79 Å². The van der Waals surface area contributed by atoms with Crippen LogP contribution in [0.5, 0.6) is 5.75 Å². The van der Waals surface area contributed by atoms with Crippen molar-refractivity contribution in [2.45, 2.75) is 25.7 Å². The average molecular weight is 204 g/mol. The van der Waals surface area contributed by atoms with Crippen LogP contribution in [0.2, 0.25) is 0 Å². The van der Waals surface area contributed by atoms with Gasteiger partial charge >= 0.3 is 0 Å². The average Bonchev–Trinajstić information content (AvgIpc) is 2.16. The van der Waals surface area contributed by atoms with Gasteiger partial charge in [-0.15, -0.1) is 0 Å². The Morgan fingerprint density at radius 2 is 2.00 bits per heavy atom. The molecule has 0 spiro atoms. The monoisotopic (exact) mass is 204 g/mol. The fraction of sp³-hybridized carbons (Fsp3) is 0.462. The summed E-state index contributed by atoms with van der Waals surface area (Å²) in [6.07, 6.45) is 3.98. The highest BCUT2D eigenvalue weighted by atomic mass is 16.5. The molecule has 1 aliphatic rings. The number of carbonyl (C=O) groups is 1. The Morgan fingerprint density at radius 3 is 2.47 bits per heavy atom. The van der Waals surface area contributed by atoms with Gasteiger partial charge in [0.1, 0.15) is 11.5 Å². The van der Waals surface area contributed by atoms with E-state index in [1.54, 1.807) is 7.11 Å². The van der Waals surface area contributed by atoms with E-state index >= 15 is 0 Å². The highest BCUT2D eigenvalue weighted by Gasteiger charge is 2.24. The summed E-state index contributed by atoms with van der Waals surface area (Å²) in [6.45, 7) is 0. The summed E-state index contributed by atoms with van der Waals surface area (Å²) >= 11 is 0. The number of carbonyl (C=O) groups excluding carboxylic acids is 1. The molecule has 15 heavy (non-hydrogen) atoms. The van der Waals surface area contributed by atoms with Gasteiger partial charge in [-0.05, 0) is 30.5 Å². The van der Waals surface area contributed by atoms with Crippen molar-refractivity contribution >= 4 is 5.78 Å². The number of rotatable bonds is 4. The largest absolute Gasteiger partial charge is 0.497 e. The molecule has 0 radical (unpaired) electrons. The second-order valence-corrected chi connectivity index (χ2v) is 4.12. The second-order valence-electron chi connectivity index (χ2n) is 4.12. The number of benzene rings is 1. The molecule has 1 aromatic carbocycles. The van der Waals surface area contributed by atoms with Crippen molar-refractivity contribution in [3.05, 3.63) is 29.8 Å². The Balaban J connectivity index is 1.94. The van der Waals surface area contributed by atoms with Gasteiger partial charge in [0.25, 0.3) is 0 Å². The number of hydrogen-bond acceptors (Lipinski definition) is 2. The van der Waals surface area contributed by atoms with Crippen LogP contribution >= 0.6 is 0 Å². The Kier molecular flexibility index (Phi) is 3.05. The lowest BCUT2D eigenvalue weighted by Gasteiger charge is -2.23. The van der Waals surface area contributed by atoms with Crippen molar-refractivity contribution in [3.8, 4) is 5.75 Å². The van der Waals surface area contributed by atoms with Crippen LogP contribution in [0.3, 0.4) is 0 Å². The molecule has 0 unspecified atom stereocenters. The lowest BCUT2D eigenvalue weighted by Crippen LogP contribution is -2.23. The van der Waals surface area contributed by atoms with Crippen LogP contribution in [-0.2, 0) is 11.2 Å². The van der Waals surface area contributed by atoms with Crippen LogP contribution < -0.4 is 4.74 Å². The molecule has 1 aromatic rings. The van der Waals surface area contributed by atoms with Gasteiger partial charge in [0.15, 0.2) is 0 Å². The Bertz CT molecular complexity index is 336. The molecule has 2 rings (SSSR count). The minimum atomic E-state index is 0.340. The van der Waals surface area contributed by atoms with Gasteiger partial charge in [-0.1, -0.05) is 18.6 Å². The molecule has 1 saturated carbocycles. The molecule has 0 heterocycles. The van der Waals surface area contributed by atoms with Crippen LogP contribution in [-0.4, -0.2) is 12.9 Å². The van der Waals surface area contributed by atoms with E-state index < -0.39 is 0 Å². The zero-order valence-electron chi connectivity index (χ0n) is 9.03. The topological polar surface area (TPSA) is 26.3 Å². The van der Waals surface area contributed by atoms with Gasteiger partial charge in [-0.25, -0.2) is 0 Å². The van der Waals surface area contributed by atoms with E-state index in [4.69, 9.17) is 4.74 Å². The molecule has 0 saturated heterocycles. The summed E-state index contributed by atoms with van der Waals surface area (Å²) in [7, 11) is 1.65. The van der Waals surface area contributed by atoms with Crippen molar-refractivity contribution < 1.29 is 9.53 Å². The highest BCUT2D eigenvalue weighted by molar-refractivity contribution is 5.83. The molecule has 0 N–H and O–H groups in total. The van der Waals surface area contributed by atoms with Crippen molar-refractivity contribution in [1.29, 1.82) is 0 Å². The molecule has 1 aliphatic carbocycles. The van der Waals surface area contributed by atoms with Crippen LogP contribution in [0.4, 0.5) is 0 Å². The smallest absolute Gasteiger partial charge is 0.140 e. The first-order valence-electron chi connectivity index (χ1n) is 5.45. The third-order valence-corrected chi connectivity index (χ3v) is 3.10. The standard InChI is InChI=1S/C13H16O2/c1-15-12-7-5-10(6-8-12)9-13(14)11-3-2-4-11/h5-8,11H,2-4,9H2,1H3. The third-order valence-electron chi connectivity index (χ3n) is 3.10. The fourth-order valence-electron chi connectivity index (χ4n) is 1.82. The van der Waals surface area contributed by atoms with Crippen LogP contribution in [0, 0.1) is 5.92 Å². The summed E-state index contributed by atoms with van der Waals surface area (Å²) in [5.41, 5.74) is 1.09. The summed E-state index contributed by atoms with van der Waals surface area (Å²) < 4.78 is 5.07. The Morgan fingerprint density at radius 1 is 1.33 bits per heavy atom. The molecule has 0 atom stereocenters. The molecule has 0 amide bonds. The SMILES string of the molecule is COc1ccc(CC(=O)C2CCC2)cc1. The molecule has 0 bridgehead atoms. The van der Waals surface area contributed by atoms with E-state index in [-0.39, 0.29) is 0 Å². The van der Waals surface area contributed by atoms with Gasteiger partial charge in [0, 0.05) is 12.3 Å². The van der Waals surface area contributed by atoms with Crippen molar-refractivity contribution in [1.82, 2.24) is 0 Å². The van der Waals surface area contributed by atoms with E-state index in [0.717, 1.165) is 24.2 Å². The maximum absolute atomic E-state index is 11.7. The number of ketones is 1. The first kappa shape index (κ1) is 10.2. The molecule has 0 aromatic heterocycles. The normalized spacial score (nSPS) is 15.8. The molecule has 2 heteroatoms. The molecule has 2 nitrogen and oxygen atoms in total. The molecule has 1 fully saturated rings. The third kappa shape index (κ3) is 2.38. The summed E-state index contributed by atoms with van der Waals surface area (Å²) in [5, 5.41) is 0. The number of methoxy groups -OCH3 is 1. The quantitative estimate of drug-likeness (QED) is 0.753. The lowest BCUT2D eigenvalue weighted by molar-refractivity contribution is -0.124. The van der Waals surface area contributed by atoms with E-state index in [0.29, 0.717) is 18.1 Å². The van der Waals surface area contributed by atoms with Crippen LogP contribution in [0.15, 0.2) is 24.3 Å². The Labute approximate surface area is 90.3 Å². The minimum absolute atomic E-state index is 0.340. The van der Waals surface area contributed by atoms with Gasteiger partial charge < -0.3 is 4.74 Å². The molecular formula is C13H16O2. The maximum Gasteiger partial charge on any atom is 0.140 e. The summed E-state index contributed by atoms with van der Waals surface area (Å²) in [6, 6.07) is 7.75. The number of Topliss-reactive ketones (excluding diaryl/α,β-unsaturated/α-hetero) is 1. The van der Waals surface area contributed by atoms with Gasteiger partial charge in [-0.3, -0.25) is 4.79 Å². The lowest BCUT2D eigenvalue weighted by atomic mass is 9.80. The molecular weight excluding hydrogens is 188 g/mol. The van der Waals surface area contributed by atoms with Crippen molar-refractivity contribution in [2.24, 2.45) is 5.92 Å². The van der Waals surface area contributed by atoms with Gasteiger partial charge in [0.2, 0.25) is 0 Å². The first-order valence-corrected chi connectivity index (χ1v) is 5.45. The predicted molar refractivity (Wildman–Crippen MR) is 59.0 cm³/mol. The van der Waals surface area contributed by atoms with E-state index in [2.05, 4.69) is 0 Å². The van der Waals surface area contributed by atoms with Crippen LogP contribution in [0.1, 0.15) is 24.8 Å². The van der Waals surface area contributed by atoms with E-state index in [1.165, 1.54) is 6.42 Å². The predicted octanol–water partition coefficient (Wildman–Crippen LogP) is 2.61. The van der Waals surface area contributed by atoms with Crippen LogP contribution in [0.25, 0.3) is 0 Å². The highest BCUT2D eigenvalue weighted by Crippen LogP contribution is 2.28. The van der Waals surface area contributed by atoms with E-state index in [1.807, 2.05) is 24.3 Å². The number of hydrogen-bond donors (Lipinski definition) is 0. The fourth-order valence-corrected chi connectivity index (χ4v) is 1.82. The number of ether oxygens (including phenoxy) is 1. The van der Waals surface area contributed by atoms with Gasteiger partial charge in [-0.2, -0.15) is 0 Å². The zero-order chi connectivity index (χ0) is 10.7. The van der Waals surface area contributed by atoms with Crippen molar-refractivity contribution in [3.63, 3.8) is 0 Å². The van der Waals surface area contributed by atoms with Gasteiger partial charge in [0.05, 0.1) is 7.11 Å². The van der Waals surface area contributed by atoms with Crippen molar-refractivity contribution in [2.75, 3.05) is 7.11 Å². The maximum atomic E-state index is 11.7. The summed E-state index contributed by atoms with van der Waals surface area (Å²) in [4.78, 5) is 11.7. The molecule has 0 aliphatic heterocycles. The second kappa shape index (κ2) is 4.47. The molecule has 80 valence electrons. The minimum Gasteiger partial charge on any atom is -0.497 e. The zero-order valence-corrected chi connectivity index (χ0v) is 9.03. The first-order chi connectivity index (χ1) is 7.29. The Hall–Kier alpha value is -1.31. The summed E-state index contributed by atoms with van der Waals surface area (Å²) in [5.74, 6) is 1.58.